The fraction of sp³-hybridized carbons (Fsp3) is 0.871. The van der Waals surface area contributed by atoms with Gasteiger partial charge in [-0.15, -0.1) is 0 Å². The van der Waals surface area contributed by atoms with Gasteiger partial charge in [0.25, 0.3) is 0 Å². The third kappa shape index (κ3) is 4.09. The fourth-order valence-electron chi connectivity index (χ4n) is 10.0. The summed E-state index contributed by atoms with van der Waals surface area (Å²) in [6.07, 6.45) is 0.0733. The molecule has 5 rings (SSSR count). The molecule has 0 aromatic heterocycles. The van der Waals surface area contributed by atoms with Gasteiger partial charge >= 0.3 is 5.97 Å². The van der Waals surface area contributed by atoms with Crippen LogP contribution in [0.25, 0.3) is 0 Å². The summed E-state index contributed by atoms with van der Waals surface area (Å²) < 4.78 is 11.7. The Morgan fingerprint density at radius 3 is 2.48 bits per heavy atom. The number of carbonyl (C=O) groups excluding carboxylic acids is 2. The van der Waals surface area contributed by atoms with Crippen molar-refractivity contribution < 1.29 is 44.6 Å². The Kier molecular flexibility index (Phi) is 7.41. The Morgan fingerprint density at radius 2 is 1.85 bits per heavy atom. The zero-order chi connectivity index (χ0) is 29.6. The normalized spacial score (nSPS) is 50.7. The zero-order valence-electron chi connectivity index (χ0n) is 24.7. The quantitative estimate of drug-likeness (QED) is 0.316. The van der Waals surface area contributed by atoms with Gasteiger partial charge in [0.05, 0.1) is 17.8 Å². The second kappa shape index (κ2) is 9.85. The average Bonchev–Trinajstić information content (AvgIpc) is 3.31. The smallest absolute Gasteiger partial charge is 0.303 e. The summed E-state index contributed by atoms with van der Waals surface area (Å²) in [4.78, 5) is 25.8. The van der Waals surface area contributed by atoms with Crippen molar-refractivity contribution in [1.82, 2.24) is 0 Å². The van der Waals surface area contributed by atoms with E-state index in [-0.39, 0.29) is 36.4 Å². The van der Waals surface area contributed by atoms with E-state index in [1.165, 1.54) is 6.92 Å². The molecule has 0 amide bonds. The molecule has 0 radical (unpaired) electrons. The van der Waals surface area contributed by atoms with Gasteiger partial charge in [-0.1, -0.05) is 34.1 Å². The van der Waals surface area contributed by atoms with Crippen LogP contribution in [-0.2, 0) is 19.1 Å². The second-order valence-corrected chi connectivity index (χ2v) is 14.3. The molecule has 0 aromatic carbocycles. The maximum atomic E-state index is 13.5. The van der Waals surface area contributed by atoms with Crippen LogP contribution in [0.2, 0.25) is 0 Å². The maximum Gasteiger partial charge on any atom is 0.303 e. The highest BCUT2D eigenvalue weighted by Gasteiger charge is 2.70. The lowest BCUT2D eigenvalue weighted by Crippen LogP contribution is -2.64. The van der Waals surface area contributed by atoms with E-state index in [1.807, 2.05) is 27.7 Å². The number of aliphatic hydroxyl groups is 5. The Labute approximate surface area is 236 Å². The first-order valence-electron chi connectivity index (χ1n) is 15.1. The first-order chi connectivity index (χ1) is 18.5. The molecule has 3 saturated carbocycles. The number of fused-ring (bicyclic) bond motifs is 5. The second-order valence-electron chi connectivity index (χ2n) is 14.3. The predicted molar refractivity (Wildman–Crippen MR) is 144 cm³/mol. The van der Waals surface area contributed by atoms with Crippen LogP contribution in [0.15, 0.2) is 11.6 Å². The van der Waals surface area contributed by atoms with E-state index in [2.05, 4.69) is 0 Å². The molecule has 9 heteroatoms. The van der Waals surface area contributed by atoms with Gasteiger partial charge in [-0.2, -0.15) is 0 Å². The highest BCUT2D eigenvalue weighted by atomic mass is 16.6. The minimum atomic E-state index is -1.60. The van der Waals surface area contributed by atoms with Gasteiger partial charge in [0.15, 0.2) is 18.2 Å². The number of hydrogen-bond donors (Lipinski definition) is 5. The highest BCUT2D eigenvalue weighted by molar-refractivity contribution is 5.95. The molecule has 0 unspecified atom stereocenters. The monoisotopic (exact) mass is 564 g/mol. The van der Waals surface area contributed by atoms with Gasteiger partial charge in [0, 0.05) is 24.2 Å². The van der Waals surface area contributed by atoms with Crippen LogP contribution in [-0.4, -0.2) is 79.2 Å². The van der Waals surface area contributed by atoms with E-state index in [4.69, 9.17) is 9.47 Å². The minimum absolute atomic E-state index is 0.126. The molecule has 5 N–H and O–H groups in total. The summed E-state index contributed by atoms with van der Waals surface area (Å²) >= 11 is 0. The van der Waals surface area contributed by atoms with Crippen LogP contribution >= 0.6 is 0 Å². The first kappa shape index (κ1) is 30.1. The summed E-state index contributed by atoms with van der Waals surface area (Å²) in [5, 5.41) is 56.3. The van der Waals surface area contributed by atoms with Gasteiger partial charge in [0.2, 0.25) is 0 Å². The molecule has 9 nitrogen and oxygen atoms in total. The molecule has 14 atom stereocenters. The number of ether oxygens (including phenoxy) is 2. The molecule has 1 aliphatic heterocycles. The molecular weight excluding hydrogens is 516 g/mol. The van der Waals surface area contributed by atoms with Crippen molar-refractivity contribution in [3.05, 3.63) is 11.6 Å². The summed E-state index contributed by atoms with van der Waals surface area (Å²) in [7, 11) is 0. The Hall–Kier alpha value is -1.36. The average molecular weight is 565 g/mol. The van der Waals surface area contributed by atoms with Gasteiger partial charge < -0.3 is 35.0 Å². The van der Waals surface area contributed by atoms with Crippen molar-refractivity contribution in [3.63, 3.8) is 0 Å². The van der Waals surface area contributed by atoms with E-state index >= 15 is 0 Å². The standard InChI is InChI=1S/C31H48O9/c1-7-17-15(2)27(36)40-25(17)26(39-16(3)32)30(6,37)24-9-11-31(38)19-12-21(33)20-13-22(34)23(35)14-28(20,4)18(19)8-10-29(24,31)5/h12,15,17-18,20,22-27,34-38H,7-11,13-14H2,1-6H3/t15-,17+,18-,20-,22+,23-,24-,25-,26+,27-,28+,29+,30+,31+/m0/s1. The SMILES string of the molecule is CC[C@@H]1[C@H](C)[C@@H](O)O[C@@H]1[C@@H](OC(C)=O)[C@](C)(O)[C@H]1CC[C@@]2(O)C3=CC(=O)[C@@H]4C[C@@H](O)[C@@H](O)C[C@]4(C)[C@H]3CC[C@]12C. The van der Waals surface area contributed by atoms with Crippen LogP contribution < -0.4 is 0 Å². The Bertz CT molecular complexity index is 1070. The van der Waals surface area contributed by atoms with Crippen molar-refractivity contribution in [2.45, 2.75) is 128 Å². The van der Waals surface area contributed by atoms with Gasteiger partial charge in [-0.25, -0.2) is 0 Å². The van der Waals surface area contributed by atoms with Crippen LogP contribution in [0.5, 0.6) is 0 Å². The number of hydrogen-bond acceptors (Lipinski definition) is 9. The zero-order valence-corrected chi connectivity index (χ0v) is 24.7. The largest absolute Gasteiger partial charge is 0.457 e. The number of allylic oxidation sites excluding steroid dienone is 1. The molecule has 1 heterocycles. The summed E-state index contributed by atoms with van der Waals surface area (Å²) in [6, 6.07) is 0. The number of rotatable bonds is 5. The number of carbonyl (C=O) groups is 2. The fourth-order valence-corrected chi connectivity index (χ4v) is 10.0. The van der Waals surface area contributed by atoms with Crippen molar-refractivity contribution in [2.75, 3.05) is 0 Å². The topological polar surface area (TPSA) is 154 Å². The third-order valence-corrected chi connectivity index (χ3v) is 12.3. The van der Waals surface area contributed by atoms with Crippen molar-refractivity contribution in [1.29, 1.82) is 0 Å². The lowest BCUT2D eigenvalue weighted by Gasteiger charge is -2.61. The van der Waals surface area contributed by atoms with Crippen molar-refractivity contribution in [3.8, 4) is 0 Å². The van der Waals surface area contributed by atoms with Gasteiger partial charge in [-0.3, -0.25) is 9.59 Å². The van der Waals surface area contributed by atoms with Gasteiger partial charge in [0.1, 0.15) is 11.7 Å². The molecule has 0 aromatic rings. The maximum absolute atomic E-state index is 13.5. The van der Waals surface area contributed by atoms with E-state index in [1.54, 1.807) is 13.0 Å². The molecule has 1 saturated heterocycles. The molecule has 4 fully saturated rings. The minimum Gasteiger partial charge on any atom is -0.457 e. The van der Waals surface area contributed by atoms with Crippen molar-refractivity contribution >= 4 is 11.8 Å². The molecule has 0 spiro atoms. The van der Waals surface area contributed by atoms with Crippen molar-refractivity contribution in [2.24, 2.45) is 40.4 Å². The van der Waals surface area contributed by atoms with E-state index in [9.17, 15) is 35.1 Å². The molecule has 5 aliphatic rings. The number of aliphatic hydroxyl groups excluding tert-OH is 3. The van der Waals surface area contributed by atoms with E-state index in [0.29, 0.717) is 37.7 Å². The summed E-state index contributed by atoms with van der Waals surface area (Å²) in [6.45, 7) is 10.8. The van der Waals surface area contributed by atoms with Crippen LogP contribution in [0, 0.1) is 40.4 Å². The summed E-state index contributed by atoms with van der Waals surface area (Å²) in [5.41, 5.74) is -3.72. The third-order valence-electron chi connectivity index (χ3n) is 12.3. The molecule has 0 bridgehead atoms. The highest BCUT2D eigenvalue weighted by Crippen LogP contribution is 2.69. The molecule has 40 heavy (non-hydrogen) atoms. The Morgan fingerprint density at radius 1 is 1.18 bits per heavy atom. The lowest BCUT2D eigenvalue weighted by molar-refractivity contribution is -0.223. The molecule has 226 valence electrons. The van der Waals surface area contributed by atoms with Crippen LogP contribution in [0.1, 0.15) is 86.5 Å². The van der Waals surface area contributed by atoms with Crippen LogP contribution in [0.3, 0.4) is 0 Å². The Balaban J connectivity index is 1.52. The predicted octanol–water partition coefficient (Wildman–Crippen LogP) is 2.25. The van der Waals surface area contributed by atoms with Gasteiger partial charge in [-0.05, 0) is 80.3 Å². The van der Waals surface area contributed by atoms with Crippen LogP contribution in [0.4, 0.5) is 0 Å². The summed E-state index contributed by atoms with van der Waals surface area (Å²) in [5.74, 6) is -2.08. The first-order valence-corrected chi connectivity index (χ1v) is 15.1. The van der Waals surface area contributed by atoms with E-state index < -0.39 is 70.5 Å². The number of esters is 1. The molecule has 4 aliphatic carbocycles. The number of ketones is 1. The lowest BCUT2D eigenvalue weighted by atomic mass is 9.45. The van der Waals surface area contributed by atoms with E-state index in [0.717, 1.165) is 0 Å². The molecular formula is C31H48O9.